The van der Waals surface area contributed by atoms with E-state index < -0.39 is 9.84 Å². The summed E-state index contributed by atoms with van der Waals surface area (Å²) in [7, 11) is -3.03. The van der Waals surface area contributed by atoms with Crippen molar-refractivity contribution in [1.29, 1.82) is 0 Å². The minimum atomic E-state index is -3.03. The second kappa shape index (κ2) is 8.21. The highest BCUT2D eigenvalue weighted by Gasteiger charge is 2.30. The molecule has 3 heterocycles. The summed E-state index contributed by atoms with van der Waals surface area (Å²) in [4.78, 5) is 30.2. The Bertz CT molecular complexity index is 846. The highest BCUT2D eigenvalue weighted by molar-refractivity contribution is 7.91. The van der Waals surface area contributed by atoms with Crippen LogP contribution < -0.4 is 5.32 Å². The van der Waals surface area contributed by atoms with Gasteiger partial charge in [0.15, 0.2) is 9.84 Å². The number of rotatable bonds is 1. The number of nitrogens with zero attached hydrogens (tertiary/aromatic N) is 4. The third kappa shape index (κ3) is 5.40. The van der Waals surface area contributed by atoms with Crippen molar-refractivity contribution in [2.24, 2.45) is 0 Å². The molecule has 3 rings (SSSR count). The van der Waals surface area contributed by atoms with E-state index in [1.165, 1.54) is 0 Å². The van der Waals surface area contributed by atoms with Crippen molar-refractivity contribution in [3.63, 3.8) is 0 Å². The van der Waals surface area contributed by atoms with E-state index in [-0.39, 0.29) is 42.1 Å². The van der Waals surface area contributed by atoms with Crippen LogP contribution >= 0.6 is 0 Å². The van der Waals surface area contributed by atoms with Gasteiger partial charge in [0.1, 0.15) is 0 Å². The molecule has 1 aromatic heterocycles. The molecule has 0 aromatic carbocycles. The summed E-state index contributed by atoms with van der Waals surface area (Å²) in [6.07, 6.45) is 0.648. The van der Waals surface area contributed by atoms with Crippen LogP contribution in [0.3, 0.4) is 0 Å². The van der Waals surface area contributed by atoms with Crippen molar-refractivity contribution < 1.29 is 22.5 Å². The Kier molecular flexibility index (Phi) is 6.06. The first kappa shape index (κ1) is 21.4. The van der Waals surface area contributed by atoms with Gasteiger partial charge < -0.3 is 19.2 Å². The number of hydrogen-bond acceptors (Lipinski definition) is 6. The first-order chi connectivity index (χ1) is 13.5. The second-order valence-corrected chi connectivity index (χ2v) is 10.8. The van der Waals surface area contributed by atoms with Crippen LogP contribution in [-0.2, 0) is 15.3 Å². The summed E-state index contributed by atoms with van der Waals surface area (Å²) in [5, 5.41) is 6.72. The van der Waals surface area contributed by atoms with Crippen molar-refractivity contribution in [2.45, 2.75) is 32.6 Å². The average Bonchev–Trinajstić information content (AvgIpc) is 2.97. The van der Waals surface area contributed by atoms with E-state index in [9.17, 15) is 18.0 Å². The molecule has 11 heteroatoms. The van der Waals surface area contributed by atoms with Gasteiger partial charge in [0.25, 0.3) is 0 Å². The van der Waals surface area contributed by atoms with Gasteiger partial charge in [0, 0.05) is 50.7 Å². The fourth-order valence-corrected chi connectivity index (χ4v) is 4.49. The predicted octanol–water partition coefficient (Wildman–Crippen LogP) is 1.36. The molecule has 2 aliphatic heterocycles. The van der Waals surface area contributed by atoms with Crippen LogP contribution in [0.15, 0.2) is 10.6 Å². The van der Waals surface area contributed by atoms with E-state index in [1.54, 1.807) is 20.8 Å². The smallest absolute Gasteiger partial charge is 0.324 e. The molecule has 0 saturated carbocycles. The van der Waals surface area contributed by atoms with Gasteiger partial charge in [-0.3, -0.25) is 5.32 Å². The number of nitrogens with one attached hydrogen (secondary N) is 1. The van der Waals surface area contributed by atoms with Gasteiger partial charge in [-0.05, 0) is 6.42 Å². The lowest BCUT2D eigenvalue weighted by Crippen LogP contribution is -2.50. The van der Waals surface area contributed by atoms with Crippen molar-refractivity contribution in [3.8, 4) is 0 Å². The Balaban J connectivity index is 1.53. The van der Waals surface area contributed by atoms with E-state index in [2.05, 4.69) is 10.5 Å². The third-order valence-corrected chi connectivity index (χ3v) is 6.79. The minimum Gasteiger partial charge on any atom is -0.338 e. The van der Waals surface area contributed by atoms with Gasteiger partial charge in [-0.25, -0.2) is 18.0 Å². The zero-order chi connectivity index (χ0) is 21.2. The van der Waals surface area contributed by atoms with Crippen LogP contribution in [0.5, 0.6) is 0 Å². The third-order valence-electron chi connectivity index (χ3n) is 5.18. The maximum Gasteiger partial charge on any atom is 0.324 e. The van der Waals surface area contributed by atoms with Gasteiger partial charge in [-0.2, -0.15) is 0 Å². The number of urea groups is 2. The highest BCUT2D eigenvalue weighted by Crippen LogP contribution is 2.23. The summed E-state index contributed by atoms with van der Waals surface area (Å²) in [6, 6.07) is 1.27. The summed E-state index contributed by atoms with van der Waals surface area (Å²) in [6.45, 7) is 8.32. The van der Waals surface area contributed by atoms with Crippen LogP contribution in [0.25, 0.3) is 0 Å². The number of amides is 4. The monoisotopic (exact) mass is 427 g/mol. The fourth-order valence-electron chi connectivity index (χ4n) is 3.29. The molecule has 2 aliphatic rings. The van der Waals surface area contributed by atoms with Crippen molar-refractivity contribution in [3.05, 3.63) is 11.8 Å². The Morgan fingerprint density at radius 2 is 1.59 bits per heavy atom. The fraction of sp³-hybridized carbons (Fsp3) is 0.722. The van der Waals surface area contributed by atoms with Gasteiger partial charge in [0.2, 0.25) is 5.88 Å². The van der Waals surface area contributed by atoms with Crippen LogP contribution in [0.1, 0.15) is 32.9 Å². The van der Waals surface area contributed by atoms with Gasteiger partial charge in [-0.15, -0.1) is 0 Å². The molecule has 4 amide bonds. The first-order valence-electron chi connectivity index (χ1n) is 9.82. The normalized spacial score (nSPS) is 20.3. The lowest BCUT2D eigenvalue weighted by Gasteiger charge is -2.32. The highest BCUT2D eigenvalue weighted by atomic mass is 32.2. The van der Waals surface area contributed by atoms with E-state index in [1.807, 2.05) is 20.8 Å². The molecule has 0 unspecified atom stereocenters. The van der Waals surface area contributed by atoms with Gasteiger partial charge >= 0.3 is 12.1 Å². The van der Waals surface area contributed by atoms with Crippen molar-refractivity contribution in [1.82, 2.24) is 19.9 Å². The standard InChI is InChI=1S/C18H29N5O5S/c1-18(2,3)14-13-15(28-20-14)19-16(24)21-5-4-6-22(8-7-21)17(25)23-9-11-29(26,27)12-10-23/h13H,4-12H2,1-3H3,(H,19,24). The van der Waals surface area contributed by atoms with Crippen LogP contribution in [0.2, 0.25) is 0 Å². The maximum absolute atomic E-state index is 12.7. The van der Waals surface area contributed by atoms with E-state index in [4.69, 9.17) is 4.52 Å². The lowest BCUT2D eigenvalue weighted by molar-refractivity contribution is 0.157. The Labute approximate surface area is 171 Å². The van der Waals surface area contributed by atoms with Crippen LogP contribution in [-0.4, -0.2) is 91.1 Å². The molecule has 0 spiro atoms. The molecule has 0 atom stereocenters. The van der Waals surface area contributed by atoms with E-state index >= 15 is 0 Å². The SMILES string of the molecule is CC(C)(C)c1cc(NC(=O)N2CCCN(C(=O)N3CCS(=O)(=O)CC3)CC2)on1. The van der Waals surface area contributed by atoms with Crippen molar-refractivity contribution in [2.75, 3.05) is 56.1 Å². The summed E-state index contributed by atoms with van der Waals surface area (Å²) >= 11 is 0. The zero-order valence-electron chi connectivity index (χ0n) is 17.2. The molecule has 0 bridgehead atoms. The molecule has 29 heavy (non-hydrogen) atoms. The van der Waals surface area contributed by atoms with Crippen molar-refractivity contribution >= 4 is 27.8 Å². The zero-order valence-corrected chi connectivity index (χ0v) is 18.0. The Morgan fingerprint density at radius 3 is 2.21 bits per heavy atom. The minimum absolute atomic E-state index is 0.00878. The number of aromatic nitrogens is 1. The van der Waals surface area contributed by atoms with E-state index in [0.29, 0.717) is 38.5 Å². The summed E-state index contributed by atoms with van der Waals surface area (Å²) < 4.78 is 28.3. The number of carbonyl (C=O) groups is 2. The molecule has 1 N–H and O–H groups in total. The molecule has 2 saturated heterocycles. The number of anilines is 1. The number of hydrogen-bond donors (Lipinski definition) is 1. The maximum atomic E-state index is 12.7. The molecular formula is C18H29N5O5S. The molecule has 162 valence electrons. The Hall–Kier alpha value is -2.30. The molecule has 0 aliphatic carbocycles. The average molecular weight is 428 g/mol. The summed E-state index contributed by atoms with van der Waals surface area (Å²) in [5.74, 6) is 0.315. The predicted molar refractivity (Wildman–Crippen MR) is 108 cm³/mol. The van der Waals surface area contributed by atoms with Gasteiger partial charge in [0.05, 0.1) is 17.2 Å². The van der Waals surface area contributed by atoms with E-state index in [0.717, 1.165) is 5.69 Å². The molecule has 1 aromatic rings. The quantitative estimate of drug-likeness (QED) is 0.723. The van der Waals surface area contributed by atoms with Gasteiger partial charge in [-0.1, -0.05) is 25.9 Å². The first-order valence-corrected chi connectivity index (χ1v) is 11.6. The molecule has 2 fully saturated rings. The lowest BCUT2D eigenvalue weighted by atomic mass is 9.92. The number of carbonyl (C=O) groups excluding carboxylic acids is 2. The summed E-state index contributed by atoms with van der Waals surface area (Å²) in [5.41, 5.74) is 0.577. The molecule has 10 nitrogen and oxygen atoms in total. The number of sulfone groups is 1. The topological polar surface area (TPSA) is 116 Å². The molecule has 0 radical (unpaired) electrons. The van der Waals surface area contributed by atoms with Crippen LogP contribution in [0.4, 0.5) is 15.5 Å². The largest absolute Gasteiger partial charge is 0.338 e. The molecular weight excluding hydrogens is 398 g/mol. The van der Waals surface area contributed by atoms with Crippen LogP contribution in [0, 0.1) is 0 Å². The second-order valence-electron chi connectivity index (χ2n) is 8.51. The Morgan fingerprint density at radius 1 is 1.00 bits per heavy atom.